The van der Waals surface area contributed by atoms with Crippen molar-refractivity contribution in [3.63, 3.8) is 0 Å². The molecule has 0 aliphatic heterocycles. The van der Waals surface area contributed by atoms with E-state index in [-0.39, 0.29) is 5.91 Å². The van der Waals surface area contributed by atoms with Gasteiger partial charge in [-0.2, -0.15) is 11.8 Å². The summed E-state index contributed by atoms with van der Waals surface area (Å²) in [5.74, 6) is -0.587. The summed E-state index contributed by atoms with van der Waals surface area (Å²) in [4.78, 5) is 22.0. The van der Waals surface area contributed by atoms with Gasteiger partial charge < -0.3 is 10.4 Å². The highest BCUT2D eigenvalue weighted by molar-refractivity contribution is 7.99. The zero-order chi connectivity index (χ0) is 14.3. The van der Waals surface area contributed by atoms with Gasteiger partial charge in [0, 0.05) is 11.8 Å². The predicted octanol–water partition coefficient (Wildman–Crippen LogP) is 2.65. The van der Waals surface area contributed by atoms with Crippen molar-refractivity contribution < 1.29 is 14.7 Å². The molecule has 0 aliphatic carbocycles. The largest absolute Gasteiger partial charge is 0.478 e. The van der Waals surface area contributed by atoms with Gasteiger partial charge in [-0.1, -0.05) is 13.0 Å². The first-order valence-corrected chi connectivity index (χ1v) is 7.29. The van der Waals surface area contributed by atoms with Gasteiger partial charge >= 0.3 is 5.97 Å². The van der Waals surface area contributed by atoms with E-state index in [2.05, 4.69) is 5.32 Å². The second kappa shape index (κ2) is 7.63. The maximum atomic E-state index is 11.6. The smallest absolute Gasteiger partial charge is 0.328 e. The van der Waals surface area contributed by atoms with Crippen LogP contribution in [0.5, 0.6) is 0 Å². The summed E-state index contributed by atoms with van der Waals surface area (Å²) >= 11 is 1.47. The first-order chi connectivity index (χ1) is 9.06. The summed E-state index contributed by atoms with van der Waals surface area (Å²) in [7, 11) is 0. The molecule has 0 spiro atoms. The van der Waals surface area contributed by atoms with Gasteiger partial charge in [-0.25, -0.2) is 4.79 Å². The molecule has 0 unspecified atom stereocenters. The van der Waals surface area contributed by atoms with Gasteiger partial charge in [0.1, 0.15) is 0 Å². The third-order valence-corrected chi connectivity index (χ3v) is 3.03. The fourth-order valence-corrected chi connectivity index (χ4v) is 1.95. The first kappa shape index (κ1) is 15.3. The van der Waals surface area contributed by atoms with Gasteiger partial charge in [-0.3, -0.25) is 4.79 Å². The molecule has 0 bridgehead atoms. The average molecular weight is 279 g/mol. The van der Waals surface area contributed by atoms with Crippen molar-refractivity contribution in [1.29, 1.82) is 0 Å². The van der Waals surface area contributed by atoms with Crippen molar-refractivity contribution in [1.82, 2.24) is 0 Å². The molecule has 4 nitrogen and oxygen atoms in total. The second-order valence-electron chi connectivity index (χ2n) is 3.92. The van der Waals surface area contributed by atoms with Crippen molar-refractivity contribution in [3.8, 4) is 0 Å². The topological polar surface area (TPSA) is 66.4 Å². The number of benzene rings is 1. The lowest BCUT2D eigenvalue weighted by Gasteiger charge is -2.10. The van der Waals surface area contributed by atoms with Crippen molar-refractivity contribution >= 4 is 35.4 Å². The van der Waals surface area contributed by atoms with E-state index in [1.165, 1.54) is 17.8 Å². The fourth-order valence-electron chi connectivity index (χ4n) is 1.62. The summed E-state index contributed by atoms with van der Waals surface area (Å²) in [5.41, 5.74) is 2.58. The Morgan fingerprint density at radius 1 is 1.42 bits per heavy atom. The maximum Gasteiger partial charge on any atom is 0.328 e. The van der Waals surface area contributed by atoms with E-state index in [0.29, 0.717) is 5.75 Å². The van der Waals surface area contributed by atoms with Gasteiger partial charge in [0.05, 0.1) is 5.75 Å². The molecule has 19 heavy (non-hydrogen) atoms. The minimum atomic E-state index is -0.976. The lowest BCUT2D eigenvalue weighted by Crippen LogP contribution is -2.15. The molecule has 5 heteroatoms. The Balaban J connectivity index is 2.90. The summed E-state index contributed by atoms with van der Waals surface area (Å²) in [6.45, 7) is 1.99. The molecule has 102 valence electrons. The SMILES string of the molecule is CCc1cc(/C=C/C(=O)O)ccc1NC(=O)CSC. The highest BCUT2D eigenvalue weighted by Gasteiger charge is 2.05. The lowest BCUT2D eigenvalue weighted by atomic mass is 10.1. The van der Waals surface area contributed by atoms with E-state index in [9.17, 15) is 9.59 Å². The van der Waals surface area contributed by atoms with Crippen LogP contribution >= 0.6 is 11.8 Å². The predicted molar refractivity (Wildman–Crippen MR) is 79.5 cm³/mol. The molecule has 1 aromatic rings. The molecule has 1 amide bonds. The third-order valence-electron chi connectivity index (χ3n) is 2.48. The Morgan fingerprint density at radius 3 is 2.74 bits per heavy atom. The van der Waals surface area contributed by atoms with Gasteiger partial charge in [-0.05, 0) is 42.0 Å². The number of thioether (sulfide) groups is 1. The monoisotopic (exact) mass is 279 g/mol. The molecule has 0 aliphatic rings. The normalized spacial score (nSPS) is 10.6. The zero-order valence-corrected chi connectivity index (χ0v) is 11.8. The molecule has 0 fully saturated rings. The molecule has 2 N–H and O–H groups in total. The van der Waals surface area contributed by atoms with E-state index in [1.54, 1.807) is 12.1 Å². The maximum absolute atomic E-state index is 11.6. The Bertz CT molecular complexity index is 497. The van der Waals surface area contributed by atoms with Crippen molar-refractivity contribution in [2.75, 3.05) is 17.3 Å². The minimum Gasteiger partial charge on any atom is -0.478 e. The zero-order valence-electron chi connectivity index (χ0n) is 11.0. The molecular weight excluding hydrogens is 262 g/mol. The Labute approximate surface area is 116 Å². The highest BCUT2D eigenvalue weighted by Crippen LogP contribution is 2.19. The van der Waals surface area contributed by atoms with Crippen LogP contribution in [0.3, 0.4) is 0 Å². The molecular formula is C14H17NO3S. The number of nitrogens with one attached hydrogen (secondary N) is 1. The van der Waals surface area contributed by atoms with Crippen molar-refractivity contribution in [2.24, 2.45) is 0 Å². The average Bonchev–Trinajstić information content (AvgIpc) is 2.37. The number of anilines is 1. The Hall–Kier alpha value is -1.75. The van der Waals surface area contributed by atoms with Crippen LogP contribution < -0.4 is 5.32 Å². The van der Waals surface area contributed by atoms with Crippen molar-refractivity contribution in [3.05, 3.63) is 35.4 Å². The number of amides is 1. The summed E-state index contributed by atoms with van der Waals surface area (Å²) in [6, 6.07) is 5.47. The number of carboxylic acids is 1. The molecule has 1 aromatic carbocycles. The summed E-state index contributed by atoms with van der Waals surface area (Å²) < 4.78 is 0. The number of carbonyl (C=O) groups is 2. The quantitative estimate of drug-likeness (QED) is 0.786. The number of carbonyl (C=O) groups excluding carboxylic acids is 1. The molecule has 0 radical (unpaired) electrons. The van der Waals surface area contributed by atoms with Crippen LogP contribution in [0.2, 0.25) is 0 Å². The van der Waals surface area contributed by atoms with E-state index in [0.717, 1.165) is 29.3 Å². The standard InChI is InChI=1S/C14H17NO3S/c1-3-11-8-10(5-7-14(17)18)4-6-12(11)15-13(16)9-19-2/h4-8H,3,9H2,1-2H3,(H,15,16)(H,17,18)/b7-5+. The number of aliphatic carboxylic acids is 1. The van der Waals surface area contributed by atoms with Crippen LogP contribution in [0, 0.1) is 0 Å². The second-order valence-corrected chi connectivity index (χ2v) is 4.79. The van der Waals surface area contributed by atoms with E-state index in [4.69, 9.17) is 5.11 Å². The number of hydrogen-bond acceptors (Lipinski definition) is 3. The van der Waals surface area contributed by atoms with Crippen LogP contribution in [0.25, 0.3) is 6.08 Å². The Kier molecular flexibility index (Phi) is 6.15. The number of aryl methyl sites for hydroxylation is 1. The first-order valence-electron chi connectivity index (χ1n) is 5.89. The van der Waals surface area contributed by atoms with Crippen LogP contribution in [-0.4, -0.2) is 29.0 Å². The summed E-state index contributed by atoms with van der Waals surface area (Å²) in [6.07, 6.45) is 5.28. The van der Waals surface area contributed by atoms with Gasteiger partial charge in [0.25, 0.3) is 0 Å². The Morgan fingerprint density at radius 2 is 2.16 bits per heavy atom. The third kappa shape index (κ3) is 5.18. The number of rotatable bonds is 6. The van der Waals surface area contributed by atoms with E-state index in [1.807, 2.05) is 19.2 Å². The molecule has 0 heterocycles. The molecule has 0 saturated carbocycles. The van der Waals surface area contributed by atoms with Gasteiger partial charge in [0.15, 0.2) is 0 Å². The molecule has 1 rings (SSSR count). The number of carboxylic acid groups (broad SMARTS) is 1. The van der Waals surface area contributed by atoms with Crippen LogP contribution in [0.15, 0.2) is 24.3 Å². The van der Waals surface area contributed by atoms with Crippen LogP contribution in [0.4, 0.5) is 5.69 Å². The summed E-state index contributed by atoms with van der Waals surface area (Å²) in [5, 5.41) is 11.4. The van der Waals surface area contributed by atoms with Crippen LogP contribution in [0.1, 0.15) is 18.1 Å². The lowest BCUT2D eigenvalue weighted by molar-refractivity contribution is -0.131. The van der Waals surface area contributed by atoms with Crippen molar-refractivity contribution in [2.45, 2.75) is 13.3 Å². The molecule has 0 aromatic heterocycles. The van der Waals surface area contributed by atoms with Crippen LogP contribution in [-0.2, 0) is 16.0 Å². The molecule has 0 saturated heterocycles. The van der Waals surface area contributed by atoms with E-state index >= 15 is 0 Å². The van der Waals surface area contributed by atoms with Gasteiger partial charge in [-0.15, -0.1) is 0 Å². The van der Waals surface area contributed by atoms with E-state index < -0.39 is 5.97 Å². The van der Waals surface area contributed by atoms with Gasteiger partial charge in [0.2, 0.25) is 5.91 Å². The minimum absolute atomic E-state index is 0.0315. The highest BCUT2D eigenvalue weighted by atomic mass is 32.2. The number of hydrogen-bond donors (Lipinski definition) is 2. The fraction of sp³-hybridized carbons (Fsp3) is 0.286. The molecule has 0 atom stereocenters.